The van der Waals surface area contributed by atoms with Crippen LogP contribution < -0.4 is 9.47 Å². The molecule has 1 atom stereocenters. The molecule has 1 aliphatic rings. The molecule has 1 aliphatic heterocycles. The van der Waals surface area contributed by atoms with Crippen LogP contribution in [-0.4, -0.2) is 55.5 Å². The topological polar surface area (TPSA) is 102 Å². The largest absolute Gasteiger partial charge is 0.507 e. The lowest BCUT2D eigenvalue weighted by molar-refractivity contribution is -0.139. The highest BCUT2D eigenvalue weighted by molar-refractivity contribution is 9.10. The molecule has 0 unspecified atom stereocenters. The monoisotopic (exact) mass is 579 g/mol. The average Bonchev–Trinajstić information content (AvgIpc) is 3.20. The standard InChI is InChI=1S/C29H26BrNO7/c1-36-22-13-4-17(16-23(22)37-2)14-15-31-25(18-5-7-20(8-6-18)29(35)38-3)24(27(33)28(31)34)26(32)19-9-11-21(30)12-10-19/h4-13,16,25,32H,14-15H2,1-3H3/t25-/m0/s1. The van der Waals surface area contributed by atoms with Crippen LogP contribution in [0, 0.1) is 0 Å². The summed E-state index contributed by atoms with van der Waals surface area (Å²) < 4.78 is 16.3. The van der Waals surface area contributed by atoms with Crippen molar-refractivity contribution in [2.24, 2.45) is 0 Å². The zero-order valence-corrected chi connectivity index (χ0v) is 22.7. The highest BCUT2D eigenvalue weighted by Crippen LogP contribution is 2.40. The minimum Gasteiger partial charge on any atom is -0.507 e. The van der Waals surface area contributed by atoms with Gasteiger partial charge in [-0.05, 0) is 53.9 Å². The maximum absolute atomic E-state index is 13.3. The minimum absolute atomic E-state index is 0.0181. The van der Waals surface area contributed by atoms with E-state index in [0.29, 0.717) is 34.6 Å². The molecule has 196 valence electrons. The van der Waals surface area contributed by atoms with Crippen LogP contribution in [0.5, 0.6) is 11.5 Å². The van der Waals surface area contributed by atoms with Gasteiger partial charge in [-0.25, -0.2) is 4.79 Å². The predicted octanol–water partition coefficient (Wildman–Crippen LogP) is 4.92. The second-order valence-electron chi connectivity index (χ2n) is 8.55. The molecule has 0 spiro atoms. The summed E-state index contributed by atoms with van der Waals surface area (Å²) in [6.45, 7) is 0.195. The zero-order chi connectivity index (χ0) is 27.4. The van der Waals surface area contributed by atoms with Gasteiger partial charge in [0.2, 0.25) is 0 Å². The predicted molar refractivity (Wildman–Crippen MR) is 144 cm³/mol. The molecule has 38 heavy (non-hydrogen) atoms. The number of aliphatic hydroxyl groups is 1. The first-order valence-corrected chi connectivity index (χ1v) is 12.5. The Bertz CT molecular complexity index is 1400. The molecule has 1 fully saturated rings. The maximum Gasteiger partial charge on any atom is 0.337 e. The van der Waals surface area contributed by atoms with E-state index in [0.717, 1.165) is 10.0 Å². The van der Waals surface area contributed by atoms with Gasteiger partial charge in [0.25, 0.3) is 11.7 Å². The number of ether oxygens (including phenoxy) is 3. The molecule has 1 amide bonds. The number of aliphatic hydroxyl groups excluding tert-OH is 1. The fourth-order valence-electron chi connectivity index (χ4n) is 4.43. The average molecular weight is 580 g/mol. The Kier molecular flexibility index (Phi) is 8.16. The van der Waals surface area contributed by atoms with Crippen LogP contribution in [0.4, 0.5) is 0 Å². The van der Waals surface area contributed by atoms with Gasteiger partial charge in [0.1, 0.15) is 5.76 Å². The summed E-state index contributed by atoms with van der Waals surface area (Å²) in [5.74, 6) is -1.14. The number of likely N-dealkylation sites (tertiary alicyclic amines) is 1. The molecule has 4 rings (SSSR count). The lowest BCUT2D eigenvalue weighted by Gasteiger charge is -2.25. The first kappa shape index (κ1) is 26.9. The van der Waals surface area contributed by atoms with Crippen molar-refractivity contribution in [3.63, 3.8) is 0 Å². The molecule has 0 saturated carbocycles. The molecule has 1 N–H and O–H groups in total. The SMILES string of the molecule is COC(=O)c1ccc([C@H]2C(=C(O)c3ccc(Br)cc3)C(=O)C(=O)N2CCc2ccc(OC)c(OC)c2)cc1. The number of carbonyl (C=O) groups excluding carboxylic acids is 3. The number of hydrogen-bond acceptors (Lipinski definition) is 7. The Morgan fingerprint density at radius 1 is 0.895 bits per heavy atom. The first-order chi connectivity index (χ1) is 18.3. The summed E-state index contributed by atoms with van der Waals surface area (Å²) in [5, 5.41) is 11.2. The molecule has 8 nitrogen and oxygen atoms in total. The minimum atomic E-state index is -0.856. The van der Waals surface area contributed by atoms with E-state index in [-0.39, 0.29) is 17.9 Å². The fraction of sp³-hybridized carbons (Fsp3) is 0.207. The number of benzene rings is 3. The van der Waals surface area contributed by atoms with Gasteiger partial charge >= 0.3 is 5.97 Å². The number of methoxy groups -OCH3 is 3. The number of esters is 1. The lowest BCUT2D eigenvalue weighted by atomic mass is 9.94. The Hall–Kier alpha value is -4.11. The molecule has 1 saturated heterocycles. The molecule has 3 aromatic rings. The van der Waals surface area contributed by atoms with Crippen LogP contribution in [0.1, 0.15) is 33.1 Å². The van der Waals surface area contributed by atoms with Crippen molar-refractivity contribution in [2.75, 3.05) is 27.9 Å². The molecule has 0 bridgehead atoms. The lowest BCUT2D eigenvalue weighted by Crippen LogP contribution is -2.31. The Morgan fingerprint density at radius 2 is 1.53 bits per heavy atom. The van der Waals surface area contributed by atoms with Crippen molar-refractivity contribution in [3.8, 4) is 11.5 Å². The van der Waals surface area contributed by atoms with E-state index in [1.807, 2.05) is 12.1 Å². The number of nitrogens with zero attached hydrogens (tertiary/aromatic N) is 1. The number of hydrogen-bond donors (Lipinski definition) is 1. The van der Waals surface area contributed by atoms with Gasteiger partial charge in [-0.1, -0.05) is 46.3 Å². The zero-order valence-electron chi connectivity index (χ0n) is 21.1. The molecule has 0 aliphatic carbocycles. The van der Waals surface area contributed by atoms with E-state index in [4.69, 9.17) is 14.2 Å². The Labute approximate surface area is 228 Å². The molecule has 3 aromatic carbocycles. The van der Waals surface area contributed by atoms with Crippen LogP contribution in [0.25, 0.3) is 5.76 Å². The quantitative estimate of drug-likeness (QED) is 0.175. The van der Waals surface area contributed by atoms with Crippen LogP contribution in [0.2, 0.25) is 0 Å². The molecule has 9 heteroatoms. The maximum atomic E-state index is 13.3. The summed E-state index contributed by atoms with van der Waals surface area (Å²) >= 11 is 3.36. The van der Waals surface area contributed by atoms with Crippen LogP contribution in [0.15, 0.2) is 76.8 Å². The van der Waals surface area contributed by atoms with E-state index >= 15 is 0 Å². The van der Waals surface area contributed by atoms with Gasteiger partial charge in [0.05, 0.1) is 38.5 Å². The number of halogens is 1. The number of ketones is 1. The van der Waals surface area contributed by atoms with Gasteiger partial charge < -0.3 is 24.2 Å². The third kappa shape index (κ3) is 5.28. The molecule has 0 radical (unpaired) electrons. The van der Waals surface area contributed by atoms with E-state index in [1.165, 1.54) is 12.0 Å². The third-order valence-corrected chi connectivity index (χ3v) is 6.92. The van der Waals surface area contributed by atoms with E-state index in [2.05, 4.69) is 15.9 Å². The number of rotatable bonds is 8. The van der Waals surface area contributed by atoms with E-state index < -0.39 is 23.7 Å². The number of Topliss-reactive ketones (excluding diaryl/α,β-unsaturated/α-hetero) is 1. The second-order valence-corrected chi connectivity index (χ2v) is 9.47. The molecular weight excluding hydrogens is 554 g/mol. The van der Waals surface area contributed by atoms with Crippen LogP contribution >= 0.6 is 15.9 Å². The summed E-state index contributed by atoms with van der Waals surface area (Å²) in [4.78, 5) is 39.9. The molecule has 1 heterocycles. The van der Waals surface area contributed by atoms with Gasteiger partial charge in [0.15, 0.2) is 11.5 Å². The summed E-state index contributed by atoms with van der Waals surface area (Å²) in [5.41, 5.74) is 2.16. The Balaban J connectivity index is 1.75. The number of carbonyl (C=O) groups is 3. The van der Waals surface area contributed by atoms with E-state index in [1.54, 1.807) is 68.8 Å². The van der Waals surface area contributed by atoms with Gasteiger partial charge in [-0.3, -0.25) is 9.59 Å². The van der Waals surface area contributed by atoms with Crippen molar-refractivity contribution >= 4 is 39.3 Å². The van der Waals surface area contributed by atoms with E-state index in [9.17, 15) is 19.5 Å². The van der Waals surface area contributed by atoms with Crippen molar-refractivity contribution in [1.82, 2.24) is 4.90 Å². The summed E-state index contributed by atoms with van der Waals surface area (Å²) in [6.07, 6.45) is 0.419. The summed E-state index contributed by atoms with van der Waals surface area (Å²) in [7, 11) is 4.38. The van der Waals surface area contributed by atoms with Crippen molar-refractivity contribution < 1.29 is 33.7 Å². The summed E-state index contributed by atoms with van der Waals surface area (Å²) in [6, 6.07) is 17.8. The van der Waals surface area contributed by atoms with Crippen LogP contribution in [0.3, 0.4) is 0 Å². The van der Waals surface area contributed by atoms with Gasteiger partial charge in [0, 0.05) is 16.6 Å². The second kappa shape index (κ2) is 11.5. The van der Waals surface area contributed by atoms with Crippen LogP contribution in [-0.2, 0) is 20.7 Å². The van der Waals surface area contributed by atoms with Gasteiger partial charge in [-0.2, -0.15) is 0 Å². The van der Waals surface area contributed by atoms with Crippen molar-refractivity contribution in [1.29, 1.82) is 0 Å². The van der Waals surface area contributed by atoms with Gasteiger partial charge in [-0.15, -0.1) is 0 Å². The van der Waals surface area contributed by atoms with Crippen molar-refractivity contribution in [2.45, 2.75) is 12.5 Å². The number of amides is 1. The smallest absolute Gasteiger partial charge is 0.337 e. The third-order valence-electron chi connectivity index (χ3n) is 6.39. The fourth-order valence-corrected chi connectivity index (χ4v) is 4.69. The first-order valence-electron chi connectivity index (χ1n) is 11.7. The molecular formula is C29H26BrNO7. The highest BCUT2D eigenvalue weighted by atomic mass is 79.9. The van der Waals surface area contributed by atoms with Crippen molar-refractivity contribution in [3.05, 3.63) is 99.0 Å². The normalized spacial score (nSPS) is 16.4. The highest BCUT2D eigenvalue weighted by Gasteiger charge is 2.45. The molecule has 0 aromatic heterocycles. The Morgan fingerprint density at radius 3 is 2.13 bits per heavy atom.